The van der Waals surface area contributed by atoms with Gasteiger partial charge in [-0.25, -0.2) is 0 Å². The fourth-order valence-corrected chi connectivity index (χ4v) is 1.97. The third-order valence-corrected chi connectivity index (χ3v) is 3.21. The van der Waals surface area contributed by atoms with E-state index in [0.717, 1.165) is 12.2 Å². The van der Waals surface area contributed by atoms with Gasteiger partial charge in [0.25, 0.3) is 0 Å². The van der Waals surface area contributed by atoms with Crippen LogP contribution in [-0.4, -0.2) is 28.6 Å². The molecule has 0 heterocycles. The third kappa shape index (κ3) is 5.93. The van der Waals surface area contributed by atoms with Crippen LogP contribution in [0.15, 0.2) is 0 Å². The zero-order chi connectivity index (χ0) is 10.5. The van der Waals surface area contributed by atoms with Crippen molar-refractivity contribution in [2.24, 2.45) is 11.1 Å². The number of thioether (sulfide) groups is 1. The molecule has 0 rings (SSSR count). The predicted octanol–water partition coefficient (Wildman–Crippen LogP) is 1.57. The van der Waals surface area contributed by atoms with E-state index in [1.165, 1.54) is 0 Å². The highest BCUT2D eigenvalue weighted by molar-refractivity contribution is 7.99. The number of rotatable bonds is 6. The SMILES string of the molecule is CC(N)CCSCC(C)(C)C(=O)O. The van der Waals surface area contributed by atoms with Gasteiger partial charge in [-0.3, -0.25) is 4.79 Å². The molecule has 0 aromatic heterocycles. The molecule has 3 N–H and O–H groups in total. The Morgan fingerprint density at radius 1 is 1.62 bits per heavy atom. The Kier molecular flexibility index (Phi) is 5.40. The number of hydrogen-bond acceptors (Lipinski definition) is 3. The Hall–Kier alpha value is -0.220. The first kappa shape index (κ1) is 12.8. The van der Waals surface area contributed by atoms with E-state index in [1.807, 2.05) is 6.92 Å². The van der Waals surface area contributed by atoms with E-state index in [2.05, 4.69) is 0 Å². The molecule has 0 amide bonds. The van der Waals surface area contributed by atoms with E-state index in [0.29, 0.717) is 5.75 Å². The zero-order valence-corrected chi connectivity index (χ0v) is 9.36. The van der Waals surface area contributed by atoms with Crippen molar-refractivity contribution in [1.29, 1.82) is 0 Å². The van der Waals surface area contributed by atoms with Gasteiger partial charge < -0.3 is 10.8 Å². The molecule has 0 bridgehead atoms. The second kappa shape index (κ2) is 5.50. The largest absolute Gasteiger partial charge is 0.481 e. The Bertz CT molecular complexity index is 169. The summed E-state index contributed by atoms with van der Waals surface area (Å²) in [6, 6.07) is 0.209. The number of carboxylic acid groups (broad SMARTS) is 1. The zero-order valence-electron chi connectivity index (χ0n) is 8.54. The second-order valence-corrected chi connectivity index (χ2v) is 5.11. The van der Waals surface area contributed by atoms with Gasteiger partial charge in [-0.1, -0.05) is 0 Å². The van der Waals surface area contributed by atoms with Gasteiger partial charge in [0.05, 0.1) is 5.41 Å². The summed E-state index contributed by atoms with van der Waals surface area (Å²) in [6.45, 7) is 5.45. The number of carboxylic acids is 1. The molecular weight excluding hydrogens is 186 g/mol. The van der Waals surface area contributed by atoms with E-state index in [9.17, 15) is 4.79 Å². The van der Waals surface area contributed by atoms with Crippen LogP contribution in [0.25, 0.3) is 0 Å². The van der Waals surface area contributed by atoms with Crippen LogP contribution in [0.4, 0.5) is 0 Å². The normalized spacial score (nSPS) is 14.2. The van der Waals surface area contributed by atoms with Crippen LogP contribution in [0.3, 0.4) is 0 Å². The molecule has 0 aromatic carbocycles. The lowest BCUT2D eigenvalue weighted by Gasteiger charge is -2.18. The Labute approximate surface area is 84.1 Å². The average Bonchev–Trinajstić information content (AvgIpc) is 1.97. The Morgan fingerprint density at radius 2 is 2.15 bits per heavy atom. The molecule has 13 heavy (non-hydrogen) atoms. The quantitative estimate of drug-likeness (QED) is 0.646. The van der Waals surface area contributed by atoms with E-state index in [-0.39, 0.29) is 6.04 Å². The van der Waals surface area contributed by atoms with Gasteiger partial charge in [0.15, 0.2) is 0 Å². The van der Waals surface area contributed by atoms with Crippen LogP contribution >= 0.6 is 11.8 Å². The van der Waals surface area contributed by atoms with Gasteiger partial charge in [-0.2, -0.15) is 11.8 Å². The van der Waals surface area contributed by atoms with Crippen molar-refractivity contribution in [3.05, 3.63) is 0 Å². The van der Waals surface area contributed by atoms with E-state index < -0.39 is 11.4 Å². The summed E-state index contributed by atoms with van der Waals surface area (Å²) in [5.74, 6) is 0.851. The van der Waals surface area contributed by atoms with Gasteiger partial charge in [-0.05, 0) is 32.9 Å². The van der Waals surface area contributed by atoms with Crippen LogP contribution in [0, 0.1) is 5.41 Å². The fraction of sp³-hybridized carbons (Fsp3) is 0.889. The molecule has 0 saturated carbocycles. The smallest absolute Gasteiger partial charge is 0.309 e. The molecule has 0 radical (unpaired) electrons. The van der Waals surface area contributed by atoms with Gasteiger partial charge in [0.2, 0.25) is 0 Å². The lowest BCUT2D eigenvalue weighted by molar-refractivity contribution is -0.145. The lowest BCUT2D eigenvalue weighted by atomic mass is 9.97. The summed E-state index contributed by atoms with van der Waals surface area (Å²) in [5, 5.41) is 8.81. The summed E-state index contributed by atoms with van der Waals surface area (Å²) in [5.41, 5.74) is 4.95. The minimum absolute atomic E-state index is 0.209. The number of aliphatic carboxylic acids is 1. The first-order valence-corrected chi connectivity index (χ1v) is 5.58. The molecule has 78 valence electrons. The summed E-state index contributed by atoms with van der Waals surface area (Å²) < 4.78 is 0. The van der Waals surface area contributed by atoms with Crippen LogP contribution in [0.1, 0.15) is 27.2 Å². The fourth-order valence-electron chi connectivity index (χ4n) is 0.658. The van der Waals surface area contributed by atoms with Crippen molar-refractivity contribution in [2.75, 3.05) is 11.5 Å². The second-order valence-electron chi connectivity index (χ2n) is 4.01. The van der Waals surface area contributed by atoms with E-state index in [4.69, 9.17) is 10.8 Å². The minimum Gasteiger partial charge on any atom is -0.481 e. The van der Waals surface area contributed by atoms with Crippen molar-refractivity contribution >= 4 is 17.7 Å². The van der Waals surface area contributed by atoms with Crippen LogP contribution < -0.4 is 5.73 Å². The molecule has 0 aromatic rings. The predicted molar refractivity (Wildman–Crippen MR) is 57.0 cm³/mol. The highest BCUT2D eigenvalue weighted by atomic mass is 32.2. The van der Waals surface area contributed by atoms with Crippen molar-refractivity contribution in [3.63, 3.8) is 0 Å². The Morgan fingerprint density at radius 3 is 2.54 bits per heavy atom. The van der Waals surface area contributed by atoms with E-state index >= 15 is 0 Å². The molecular formula is C9H19NO2S. The minimum atomic E-state index is -0.735. The summed E-state index contributed by atoms with van der Waals surface area (Å²) in [6.07, 6.45) is 0.945. The van der Waals surface area contributed by atoms with Gasteiger partial charge in [0, 0.05) is 11.8 Å². The van der Waals surface area contributed by atoms with Crippen molar-refractivity contribution < 1.29 is 9.90 Å². The summed E-state index contributed by atoms with van der Waals surface area (Å²) in [7, 11) is 0. The van der Waals surface area contributed by atoms with Gasteiger partial charge in [0.1, 0.15) is 0 Å². The molecule has 0 saturated heterocycles. The molecule has 0 spiro atoms. The highest BCUT2D eigenvalue weighted by Crippen LogP contribution is 2.22. The highest BCUT2D eigenvalue weighted by Gasteiger charge is 2.26. The van der Waals surface area contributed by atoms with Crippen molar-refractivity contribution in [1.82, 2.24) is 0 Å². The molecule has 0 fully saturated rings. The van der Waals surface area contributed by atoms with Gasteiger partial charge >= 0.3 is 5.97 Å². The lowest BCUT2D eigenvalue weighted by Crippen LogP contribution is -2.26. The standard InChI is InChI=1S/C9H19NO2S/c1-7(10)4-5-13-6-9(2,3)8(11)12/h7H,4-6,10H2,1-3H3,(H,11,12). The molecule has 1 unspecified atom stereocenters. The third-order valence-electron chi connectivity index (χ3n) is 1.76. The number of carbonyl (C=O) groups is 1. The Balaban J connectivity index is 3.58. The van der Waals surface area contributed by atoms with E-state index in [1.54, 1.807) is 25.6 Å². The first-order valence-electron chi connectivity index (χ1n) is 4.43. The van der Waals surface area contributed by atoms with Crippen molar-refractivity contribution in [3.8, 4) is 0 Å². The maximum absolute atomic E-state index is 10.7. The molecule has 3 nitrogen and oxygen atoms in total. The molecule has 1 atom stereocenters. The number of nitrogens with two attached hydrogens (primary N) is 1. The molecule has 0 aliphatic rings. The van der Waals surface area contributed by atoms with Crippen molar-refractivity contribution in [2.45, 2.75) is 33.2 Å². The topological polar surface area (TPSA) is 63.3 Å². The first-order chi connectivity index (χ1) is 5.86. The summed E-state index contributed by atoms with van der Waals surface area (Å²) in [4.78, 5) is 10.7. The molecule has 0 aliphatic heterocycles. The van der Waals surface area contributed by atoms with Crippen LogP contribution in [0.2, 0.25) is 0 Å². The maximum atomic E-state index is 10.7. The monoisotopic (exact) mass is 205 g/mol. The maximum Gasteiger partial charge on any atom is 0.309 e. The summed E-state index contributed by atoms with van der Waals surface area (Å²) >= 11 is 1.66. The van der Waals surface area contributed by atoms with Crippen LogP contribution in [-0.2, 0) is 4.79 Å². The molecule has 0 aliphatic carbocycles. The number of hydrogen-bond donors (Lipinski definition) is 2. The van der Waals surface area contributed by atoms with Crippen LogP contribution in [0.5, 0.6) is 0 Å². The van der Waals surface area contributed by atoms with Gasteiger partial charge in [-0.15, -0.1) is 0 Å². The average molecular weight is 205 g/mol. The molecule has 4 heteroatoms.